The molecular formula is C35H26I2N4O2S. The lowest BCUT2D eigenvalue weighted by atomic mass is 10.1. The minimum atomic E-state index is -0.285. The molecule has 0 saturated carbocycles. The fourth-order valence-corrected chi connectivity index (χ4v) is 7.47. The lowest BCUT2D eigenvalue weighted by molar-refractivity contribution is 0.0955. The number of hydrazone groups is 1. The molecule has 0 aliphatic heterocycles. The van der Waals surface area contributed by atoms with E-state index in [2.05, 4.69) is 115 Å². The molecule has 5 aromatic carbocycles. The number of carbonyl (C=O) groups is 1. The van der Waals surface area contributed by atoms with E-state index in [1.54, 1.807) is 18.3 Å². The summed E-state index contributed by atoms with van der Waals surface area (Å²) in [5.74, 6) is 0.547. The highest BCUT2D eigenvalue weighted by molar-refractivity contribution is 14.1. The minimum Gasteiger partial charge on any atom is -0.487 e. The molecule has 2 N–H and O–H groups in total. The zero-order valence-electron chi connectivity index (χ0n) is 23.6. The number of amides is 1. The summed E-state index contributed by atoms with van der Waals surface area (Å²) in [6.07, 6.45) is 1.64. The maximum atomic E-state index is 12.7. The van der Waals surface area contributed by atoms with Crippen molar-refractivity contribution in [2.75, 3.05) is 5.32 Å². The van der Waals surface area contributed by atoms with E-state index in [1.807, 2.05) is 53.9 Å². The van der Waals surface area contributed by atoms with Gasteiger partial charge in [0.05, 0.1) is 19.0 Å². The molecule has 6 nitrogen and oxygen atoms in total. The first-order chi connectivity index (χ1) is 21.4. The van der Waals surface area contributed by atoms with E-state index in [4.69, 9.17) is 4.74 Å². The molecule has 6 rings (SSSR count). The molecule has 1 heterocycles. The van der Waals surface area contributed by atoms with Crippen LogP contribution in [0.5, 0.6) is 5.75 Å². The molecule has 0 bridgehead atoms. The zero-order valence-corrected chi connectivity index (χ0v) is 28.7. The molecule has 0 atom stereocenters. The van der Waals surface area contributed by atoms with Crippen molar-refractivity contribution in [3.63, 3.8) is 0 Å². The molecule has 1 aromatic heterocycles. The lowest BCUT2D eigenvalue weighted by Gasteiger charge is -2.13. The van der Waals surface area contributed by atoms with Crippen LogP contribution in [0.25, 0.3) is 22.0 Å². The van der Waals surface area contributed by atoms with Gasteiger partial charge in [0.15, 0.2) is 5.13 Å². The van der Waals surface area contributed by atoms with Crippen molar-refractivity contribution in [3.8, 4) is 17.0 Å². The van der Waals surface area contributed by atoms with Gasteiger partial charge in [-0.1, -0.05) is 72.3 Å². The molecule has 0 spiro atoms. The van der Waals surface area contributed by atoms with Crippen LogP contribution < -0.4 is 15.5 Å². The van der Waals surface area contributed by atoms with Gasteiger partial charge in [-0.05, 0) is 110 Å². The molecule has 0 radical (unpaired) electrons. The Labute approximate surface area is 286 Å². The predicted molar refractivity (Wildman–Crippen MR) is 197 cm³/mol. The average molecular weight is 820 g/mol. The smallest absolute Gasteiger partial charge is 0.271 e. The maximum Gasteiger partial charge on any atom is 0.271 e. The number of nitrogens with one attached hydrogen (secondary N) is 2. The number of aromatic nitrogens is 1. The number of rotatable bonds is 9. The molecule has 0 aliphatic carbocycles. The van der Waals surface area contributed by atoms with Crippen LogP contribution in [-0.2, 0) is 6.61 Å². The molecule has 0 saturated heterocycles. The topological polar surface area (TPSA) is 75.6 Å². The van der Waals surface area contributed by atoms with Crippen LogP contribution in [0.1, 0.15) is 27.0 Å². The number of thiazole rings is 1. The van der Waals surface area contributed by atoms with Crippen molar-refractivity contribution in [1.82, 2.24) is 10.4 Å². The molecule has 9 heteroatoms. The predicted octanol–water partition coefficient (Wildman–Crippen LogP) is 9.57. The number of anilines is 2. The van der Waals surface area contributed by atoms with Gasteiger partial charge >= 0.3 is 0 Å². The quantitative estimate of drug-likeness (QED) is 0.0867. The van der Waals surface area contributed by atoms with Gasteiger partial charge in [-0.25, -0.2) is 10.4 Å². The average Bonchev–Trinajstić information content (AvgIpc) is 3.50. The first-order valence-electron chi connectivity index (χ1n) is 13.7. The molecular weight excluding hydrogens is 794 g/mol. The Morgan fingerprint density at radius 2 is 1.66 bits per heavy atom. The Balaban J connectivity index is 1.05. The Bertz CT molecular complexity index is 1940. The summed E-state index contributed by atoms with van der Waals surface area (Å²) in [6.45, 7) is 2.54. The fraction of sp³-hybridized carbons (Fsp3) is 0.0571. The van der Waals surface area contributed by atoms with Crippen molar-refractivity contribution in [2.24, 2.45) is 5.10 Å². The van der Waals surface area contributed by atoms with E-state index in [9.17, 15) is 4.79 Å². The number of ether oxygens (including phenoxy) is 1. The largest absolute Gasteiger partial charge is 0.487 e. The van der Waals surface area contributed by atoms with Crippen molar-refractivity contribution in [3.05, 3.63) is 138 Å². The summed E-state index contributed by atoms with van der Waals surface area (Å²) >= 11 is 6.09. The summed E-state index contributed by atoms with van der Waals surface area (Å²) in [5.41, 5.74) is 9.14. The van der Waals surface area contributed by atoms with Crippen molar-refractivity contribution in [2.45, 2.75) is 13.5 Å². The standard InChI is InChI=1S/C35H26I2N4O2S/c1-22-9-15-28(16-10-22)39-35-40-32(21-44-35)25-11-13-26(14-12-25)34(42)41-38-19-23-17-30(36)33(31(37)18-23)43-20-27-7-4-6-24-5-2-3-8-29(24)27/h2-19,21H,20H2,1H3,(H,39,40)(H,41,42)/b38-19-. The molecule has 0 unspecified atom stereocenters. The summed E-state index contributed by atoms with van der Waals surface area (Å²) < 4.78 is 8.19. The van der Waals surface area contributed by atoms with Gasteiger partial charge in [0.1, 0.15) is 12.4 Å². The van der Waals surface area contributed by atoms with E-state index in [0.717, 1.165) is 46.1 Å². The molecule has 1 amide bonds. The maximum absolute atomic E-state index is 12.7. The van der Waals surface area contributed by atoms with Crippen LogP contribution in [-0.4, -0.2) is 17.1 Å². The van der Waals surface area contributed by atoms with Crippen LogP contribution in [0.2, 0.25) is 0 Å². The molecule has 6 aromatic rings. The van der Waals surface area contributed by atoms with Crippen LogP contribution in [0.3, 0.4) is 0 Å². The third-order valence-corrected chi connectivity index (χ3v) is 9.26. The number of aryl methyl sites for hydroxylation is 1. The summed E-state index contributed by atoms with van der Waals surface area (Å²) in [7, 11) is 0. The monoisotopic (exact) mass is 820 g/mol. The molecule has 218 valence electrons. The zero-order chi connectivity index (χ0) is 30.5. The summed E-state index contributed by atoms with van der Waals surface area (Å²) in [5, 5.41) is 12.7. The Hall–Kier alpha value is -3.81. The number of carbonyl (C=O) groups excluding carboxylic acids is 1. The highest BCUT2D eigenvalue weighted by Crippen LogP contribution is 2.31. The molecule has 0 aliphatic rings. The number of fused-ring (bicyclic) bond motifs is 1. The van der Waals surface area contributed by atoms with Crippen molar-refractivity contribution in [1.29, 1.82) is 0 Å². The third kappa shape index (κ3) is 7.28. The fourth-order valence-electron chi connectivity index (χ4n) is 4.61. The van der Waals surface area contributed by atoms with Gasteiger partial charge < -0.3 is 10.1 Å². The van der Waals surface area contributed by atoms with Crippen LogP contribution in [0, 0.1) is 14.1 Å². The van der Waals surface area contributed by atoms with Crippen molar-refractivity contribution < 1.29 is 9.53 Å². The first kappa shape index (κ1) is 30.2. The van der Waals surface area contributed by atoms with E-state index in [-0.39, 0.29) is 5.91 Å². The Morgan fingerprint density at radius 1 is 0.932 bits per heavy atom. The molecule has 0 fully saturated rings. The highest BCUT2D eigenvalue weighted by Gasteiger charge is 2.11. The number of nitrogens with zero attached hydrogens (tertiary/aromatic N) is 2. The van der Waals surface area contributed by atoms with Gasteiger partial charge in [-0.2, -0.15) is 5.10 Å². The highest BCUT2D eigenvalue weighted by atomic mass is 127. The van der Waals surface area contributed by atoms with Gasteiger partial charge in [-0.3, -0.25) is 4.79 Å². The Morgan fingerprint density at radius 3 is 2.43 bits per heavy atom. The third-order valence-electron chi connectivity index (χ3n) is 6.90. The van der Waals surface area contributed by atoms with Crippen LogP contribution in [0.4, 0.5) is 10.8 Å². The number of halogens is 2. The van der Waals surface area contributed by atoms with Gasteiger partial charge in [0, 0.05) is 22.2 Å². The van der Waals surface area contributed by atoms with Gasteiger partial charge in [-0.15, -0.1) is 11.3 Å². The van der Waals surface area contributed by atoms with Crippen molar-refractivity contribution >= 4 is 90.2 Å². The van der Waals surface area contributed by atoms with E-state index in [1.165, 1.54) is 27.7 Å². The second-order valence-corrected chi connectivity index (χ2v) is 13.2. The number of hydrogen-bond acceptors (Lipinski definition) is 6. The first-order valence-corrected chi connectivity index (χ1v) is 16.8. The van der Waals surface area contributed by atoms with Crippen LogP contribution >= 0.6 is 56.5 Å². The number of hydrogen-bond donors (Lipinski definition) is 2. The number of benzene rings is 5. The Kier molecular flexibility index (Phi) is 9.53. The summed E-state index contributed by atoms with van der Waals surface area (Å²) in [4.78, 5) is 17.4. The van der Waals surface area contributed by atoms with Crippen LogP contribution in [0.15, 0.2) is 114 Å². The molecule has 44 heavy (non-hydrogen) atoms. The van der Waals surface area contributed by atoms with Gasteiger partial charge in [0.2, 0.25) is 0 Å². The van der Waals surface area contributed by atoms with E-state index in [0.29, 0.717) is 12.2 Å². The lowest BCUT2D eigenvalue weighted by Crippen LogP contribution is -2.17. The minimum absolute atomic E-state index is 0.285. The second kappa shape index (κ2) is 13.9. The van der Waals surface area contributed by atoms with Gasteiger partial charge in [0.25, 0.3) is 5.91 Å². The van der Waals surface area contributed by atoms with E-state index < -0.39 is 0 Å². The second-order valence-electron chi connectivity index (χ2n) is 10.0. The SMILES string of the molecule is Cc1ccc(Nc2nc(-c3ccc(C(=O)N/N=C\c4cc(I)c(OCc5cccc6ccccc56)c(I)c4)cc3)cs2)cc1. The normalized spacial score (nSPS) is 11.2. The summed E-state index contributed by atoms with van der Waals surface area (Å²) in [6, 6.07) is 34.1. The van der Waals surface area contributed by atoms with E-state index >= 15 is 0 Å².